The van der Waals surface area contributed by atoms with Gasteiger partial charge in [0.15, 0.2) is 17.2 Å². The summed E-state index contributed by atoms with van der Waals surface area (Å²) in [4.78, 5) is 0. The molecule has 3 aromatic rings. The van der Waals surface area contributed by atoms with E-state index in [1.807, 2.05) is 30.3 Å². The lowest BCUT2D eigenvalue weighted by molar-refractivity contribution is 0.403. The molecule has 0 unspecified atom stereocenters. The van der Waals surface area contributed by atoms with Crippen molar-refractivity contribution in [3.63, 3.8) is 0 Å². The topological polar surface area (TPSA) is 102 Å². The average molecular weight is 306 g/mol. The van der Waals surface area contributed by atoms with Crippen molar-refractivity contribution in [2.75, 3.05) is 11.9 Å². The second kappa shape index (κ2) is 6.20. The minimum Gasteiger partial charge on any atom is -0.504 e. The van der Waals surface area contributed by atoms with Crippen LogP contribution in [-0.4, -0.2) is 27.0 Å². The van der Waals surface area contributed by atoms with Crippen LogP contribution in [0.4, 0.5) is 5.69 Å². The van der Waals surface area contributed by atoms with E-state index in [1.54, 1.807) is 6.07 Å². The highest BCUT2D eigenvalue weighted by molar-refractivity contribution is 5.92. The van der Waals surface area contributed by atoms with Crippen molar-refractivity contribution >= 4 is 16.6 Å². The third kappa shape index (κ3) is 2.99. The number of hydrogen-bond acceptors (Lipinski definition) is 6. The Morgan fingerprint density at radius 3 is 2.65 bits per heavy atom. The summed E-state index contributed by atoms with van der Waals surface area (Å²) in [5.41, 5.74) is 2.49. The first-order chi connectivity index (χ1) is 11.2. The number of rotatable bonds is 4. The average Bonchev–Trinajstić information content (AvgIpc) is 2.58. The number of phenols is 2. The summed E-state index contributed by atoms with van der Waals surface area (Å²) in [5, 5.41) is 40.1. The van der Waals surface area contributed by atoms with Gasteiger partial charge in [0, 0.05) is 11.9 Å². The molecule has 0 saturated carbocycles. The summed E-state index contributed by atoms with van der Waals surface area (Å²) in [5.74, 6) is -0.283. The molecule has 23 heavy (non-hydrogen) atoms. The molecule has 0 radical (unpaired) electrons. The standard InChI is InChI=1S/C17H14N4O2/c18-10-14-17(12-3-1-2-4-13(12)20-21-14)19-8-7-11-5-6-15(22)16(23)9-11/h1-6,9,22-23H,7-8H2,(H,19,20). The molecule has 6 heteroatoms. The molecule has 0 bridgehead atoms. The van der Waals surface area contributed by atoms with Gasteiger partial charge in [0.1, 0.15) is 6.07 Å². The summed E-state index contributed by atoms with van der Waals surface area (Å²) in [6.45, 7) is 0.550. The van der Waals surface area contributed by atoms with Crippen LogP contribution >= 0.6 is 0 Å². The molecule has 0 aliphatic heterocycles. The van der Waals surface area contributed by atoms with E-state index in [0.29, 0.717) is 18.7 Å². The van der Waals surface area contributed by atoms with Crippen molar-refractivity contribution in [1.82, 2.24) is 10.2 Å². The Balaban J connectivity index is 1.81. The molecule has 0 aliphatic carbocycles. The van der Waals surface area contributed by atoms with Gasteiger partial charge in [-0.2, -0.15) is 5.26 Å². The smallest absolute Gasteiger partial charge is 0.186 e. The third-order valence-electron chi connectivity index (χ3n) is 3.53. The molecule has 0 aliphatic rings. The summed E-state index contributed by atoms with van der Waals surface area (Å²) in [6.07, 6.45) is 0.620. The van der Waals surface area contributed by atoms with Crippen molar-refractivity contribution < 1.29 is 10.2 Å². The normalized spacial score (nSPS) is 10.4. The highest BCUT2D eigenvalue weighted by atomic mass is 16.3. The van der Waals surface area contributed by atoms with Crippen molar-refractivity contribution in [3.8, 4) is 17.6 Å². The van der Waals surface area contributed by atoms with E-state index in [1.165, 1.54) is 12.1 Å². The van der Waals surface area contributed by atoms with E-state index >= 15 is 0 Å². The number of nitrogens with zero attached hydrogens (tertiary/aromatic N) is 3. The van der Waals surface area contributed by atoms with Crippen molar-refractivity contribution in [3.05, 3.63) is 53.7 Å². The fraction of sp³-hybridized carbons (Fsp3) is 0.118. The summed E-state index contributed by atoms with van der Waals surface area (Å²) in [6, 6.07) is 14.2. The van der Waals surface area contributed by atoms with Gasteiger partial charge in [-0.1, -0.05) is 24.3 Å². The van der Waals surface area contributed by atoms with Crippen LogP contribution < -0.4 is 5.32 Å². The fourth-order valence-electron chi connectivity index (χ4n) is 2.37. The number of anilines is 1. The number of nitriles is 1. The lowest BCUT2D eigenvalue weighted by Gasteiger charge is -2.10. The molecule has 2 aromatic carbocycles. The second-order valence-electron chi connectivity index (χ2n) is 5.05. The van der Waals surface area contributed by atoms with Crippen LogP contribution in [0.5, 0.6) is 11.5 Å². The molecule has 3 N–H and O–H groups in total. The lowest BCUT2D eigenvalue weighted by atomic mass is 10.1. The molecule has 1 aromatic heterocycles. The van der Waals surface area contributed by atoms with Gasteiger partial charge in [-0.3, -0.25) is 0 Å². The van der Waals surface area contributed by atoms with Gasteiger partial charge < -0.3 is 15.5 Å². The minimum atomic E-state index is -0.142. The van der Waals surface area contributed by atoms with Crippen molar-refractivity contribution in [2.24, 2.45) is 0 Å². The Hall–Kier alpha value is -3.33. The van der Waals surface area contributed by atoms with Crippen molar-refractivity contribution in [2.45, 2.75) is 6.42 Å². The largest absolute Gasteiger partial charge is 0.504 e. The van der Waals surface area contributed by atoms with Crippen LogP contribution in [0.3, 0.4) is 0 Å². The van der Waals surface area contributed by atoms with Crippen LogP contribution in [0.15, 0.2) is 42.5 Å². The van der Waals surface area contributed by atoms with E-state index in [2.05, 4.69) is 15.5 Å². The Bertz CT molecular complexity index is 903. The van der Waals surface area contributed by atoms with E-state index < -0.39 is 0 Å². The maximum absolute atomic E-state index is 9.51. The lowest BCUT2D eigenvalue weighted by Crippen LogP contribution is -2.08. The Labute approximate surface area is 132 Å². The highest BCUT2D eigenvalue weighted by Crippen LogP contribution is 2.26. The van der Waals surface area contributed by atoms with Gasteiger partial charge in [0.2, 0.25) is 0 Å². The number of nitrogens with one attached hydrogen (secondary N) is 1. The fourth-order valence-corrected chi connectivity index (χ4v) is 2.37. The molecule has 0 atom stereocenters. The van der Waals surface area contributed by atoms with Gasteiger partial charge in [-0.25, -0.2) is 0 Å². The number of aromatic hydroxyl groups is 2. The summed E-state index contributed by atoms with van der Waals surface area (Å²) < 4.78 is 0. The van der Waals surface area contributed by atoms with Gasteiger partial charge in [0.05, 0.1) is 11.2 Å². The van der Waals surface area contributed by atoms with Crippen LogP contribution in [0.1, 0.15) is 11.3 Å². The van der Waals surface area contributed by atoms with E-state index in [9.17, 15) is 15.5 Å². The van der Waals surface area contributed by atoms with E-state index in [0.717, 1.165) is 16.5 Å². The highest BCUT2D eigenvalue weighted by Gasteiger charge is 2.09. The second-order valence-corrected chi connectivity index (χ2v) is 5.05. The predicted molar refractivity (Wildman–Crippen MR) is 86.2 cm³/mol. The quantitative estimate of drug-likeness (QED) is 0.640. The monoisotopic (exact) mass is 306 g/mol. The zero-order chi connectivity index (χ0) is 16.2. The molecule has 0 fully saturated rings. The van der Waals surface area contributed by atoms with Crippen LogP contribution in [0.2, 0.25) is 0 Å². The van der Waals surface area contributed by atoms with Gasteiger partial charge >= 0.3 is 0 Å². The van der Waals surface area contributed by atoms with E-state index in [-0.39, 0.29) is 17.2 Å². The summed E-state index contributed by atoms with van der Waals surface area (Å²) >= 11 is 0. The van der Waals surface area contributed by atoms with Crippen LogP contribution in [0, 0.1) is 11.3 Å². The third-order valence-corrected chi connectivity index (χ3v) is 3.53. The predicted octanol–water partition coefficient (Wildman–Crippen LogP) is 2.57. The SMILES string of the molecule is N#Cc1nnc2ccccc2c1NCCc1ccc(O)c(O)c1. The van der Waals surface area contributed by atoms with Gasteiger partial charge in [-0.05, 0) is 30.2 Å². The molecule has 0 spiro atoms. The number of benzene rings is 2. The van der Waals surface area contributed by atoms with Gasteiger partial charge in [-0.15, -0.1) is 10.2 Å². The number of aromatic nitrogens is 2. The molecular weight excluding hydrogens is 292 g/mol. The zero-order valence-corrected chi connectivity index (χ0v) is 12.2. The van der Waals surface area contributed by atoms with Crippen LogP contribution in [-0.2, 0) is 6.42 Å². The molecule has 3 rings (SSSR count). The molecule has 6 nitrogen and oxygen atoms in total. The molecule has 0 saturated heterocycles. The molecule has 1 heterocycles. The molecule has 0 amide bonds. The number of hydrogen-bond donors (Lipinski definition) is 3. The molecule has 114 valence electrons. The Kier molecular flexibility index (Phi) is 3.93. The maximum atomic E-state index is 9.51. The molecular formula is C17H14N4O2. The maximum Gasteiger partial charge on any atom is 0.186 e. The van der Waals surface area contributed by atoms with E-state index in [4.69, 9.17) is 0 Å². The van der Waals surface area contributed by atoms with Crippen LogP contribution in [0.25, 0.3) is 10.9 Å². The number of phenolic OH excluding ortho intramolecular Hbond substituents is 2. The number of fused-ring (bicyclic) bond motifs is 1. The minimum absolute atomic E-state index is 0.141. The van der Waals surface area contributed by atoms with Gasteiger partial charge in [0.25, 0.3) is 0 Å². The Morgan fingerprint density at radius 1 is 1.04 bits per heavy atom. The van der Waals surface area contributed by atoms with Crippen molar-refractivity contribution in [1.29, 1.82) is 5.26 Å². The Morgan fingerprint density at radius 2 is 1.87 bits per heavy atom. The first-order valence-electron chi connectivity index (χ1n) is 7.09. The first kappa shape index (κ1) is 14.6. The summed E-state index contributed by atoms with van der Waals surface area (Å²) in [7, 11) is 0. The zero-order valence-electron chi connectivity index (χ0n) is 12.2. The first-order valence-corrected chi connectivity index (χ1v) is 7.09.